The van der Waals surface area contributed by atoms with Crippen LogP contribution in [0, 0.1) is 5.92 Å². The highest BCUT2D eigenvalue weighted by molar-refractivity contribution is 5.71. The monoisotopic (exact) mass is 232 g/mol. The van der Waals surface area contributed by atoms with Crippen LogP contribution in [0.25, 0.3) is 0 Å². The van der Waals surface area contributed by atoms with E-state index in [9.17, 15) is 4.79 Å². The molecule has 3 heterocycles. The highest BCUT2D eigenvalue weighted by Gasteiger charge is 2.32. The van der Waals surface area contributed by atoms with Crippen LogP contribution < -0.4 is 10.2 Å². The van der Waals surface area contributed by atoms with Crippen molar-refractivity contribution in [3.63, 3.8) is 0 Å². The Hall–Kier alpha value is -1.49. The molecule has 1 aromatic heterocycles. The molecule has 2 aliphatic heterocycles. The first-order valence-corrected chi connectivity index (χ1v) is 6.14. The SMILES string of the molecule is O=Cc1ccc(N2CC[C@@H]3NCC[C@@H]3C2)nn1. The third-order valence-electron chi connectivity index (χ3n) is 3.77. The van der Waals surface area contributed by atoms with E-state index >= 15 is 0 Å². The predicted octanol–water partition coefficient (Wildman–Crippen LogP) is 0.477. The van der Waals surface area contributed by atoms with Crippen LogP contribution in [-0.4, -0.2) is 42.2 Å². The molecule has 2 saturated heterocycles. The maximum atomic E-state index is 10.5. The zero-order chi connectivity index (χ0) is 11.7. The fraction of sp³-hybridized carbons (Fsp3) is 0.583. The number of hydrogen-bond acceptors (Lipinski definition) is 5. The molecule has 2 fully saturated rings. The number of piperidine rings is 1. The fourth-order valence-corrected chi connectivity index (χ4v) is 2.82. The van der Waals surface area contributed by atoms with Gasteiger partial charge in [0, 0.05) is 19.1 Å². The van der Waals surface area contributed by atoms with E-state index in [1.807, 2.05) is 6.07 Å². The van der Waals surface area contributed by atoms with Crippen molar-refractivity contribution in [1.82, 2.24) is 15.5 Å². The average Bonchev–Trinajstić information content (AvgIpc) is 2.86. The summed E-state index contributed by atoms with van der Waals surface area (Å²) in [5, 5.41) is 11.5. The summed E-state index contributed by atoms with van der Waals surface area (Å²) in [6, 6.07) is 4.31. The van der Waals surface area contributed by atoms with E-state index in [1.165, 1.54) is 12.8 Å². The van der Waals surface area contributed by atoms with E-state index in [0.29, 0.717) is 11.7 Å². The highest BCUT2D eigenvalue weighted by atomic mass is 16.1. The Balaban J connectivity index is 1.73. The second-order valence-electron chi connectivity index (χ2n) is 4.78. The molecular weight excluding hydrogens is 216 g/mol. The van der Waals surface area contributed by atoms with E-state index in [-0.39, 0.29) is 0 Å². The van der Waals surface area contributed by atoms with E-state index < -0.39 is 0 Å². The van der Waals surface area contributed by atoms with Gasteiger partial charge in [-0.25, -0.2) is 0 Å². The van der Waals surface area contributed by atoms with Gasteiger partial charge in [-0.05, 0) is 37.4 Å². The third kappa shape index (κ3) is 2.02. The summed E-state index contributed by atoms with van der Waals surface area (Å²) in [6.45, 7) is 3.20. The Morgan fingerprint density at radius 2 is 2.29 bits per heavy atom. The molecule has 90 valence electrons. The van der Waals surface area contributed by atoms with Gasteiger partial charge in [-0.3, -0.25) is 4.79 Å². The van der Waals surface area contributed by atoms with Gasteiger partial charge in [0.1, 0.15) is 5.69 Å². The minimum Gasteiger partial charge on any atom is -0.355 e. The predicted molar refractivity (Wildman–Crippen MR) is 64.1 cm³/mol. The number of rotatable bonds is 2. The number of carbonyl (C=O) groups is 1. The molecule has 5 nitrogen and oxygen atoms in total. The summed E-state index contributed by atoms with van der Waals surface area (Å²) in [5.41, 5.74) is 0.395. The maximum absolute atomic E-state index is 10.5. The van der Waals surface area contributed by atoms with Crippen molar-refractivity contribution < 1.29 is 4.79 Å². The summed E-state index contributed by atoms with van der Waals surface area (Å²) >= 11 is 0. The van der Waals surface area contributed by atoms with Gasteiger partial charge in [-0.1, -0.05) is 0 Å². The molecule has 1 aromatic rings. The molecule has 0 radical (unpaired) electrons. The van der Waals surface area contributed by atoms with Crippen LogP contribution in [0.5, 0.6) is 0 Å². The molecule has 0 amide bonds. The van der Waals surface area contributed by atoms with Crippen LogP contribution in [0.3, 0.4) is 0 Å². The molecule has 1 N–H and O–H groups in total. The van der Waals surface area contributed by atoms with Crippen molar-refractivity contribution in [3.8, 4) is 0 Å². The number of aromatic nitrogens is 2. The molecular formula is C12H16N4O. The standard InChI is InChI=1S/C12H16N4O/c17-8-10-1-2-12(15-14-10)16-6-4-11-9(7-16)3-5-13-11/h1-2,8-9,11,13H,3-7H2/t9-,11+/m1/s1. The van der Waals surface area contributed by atoms with Crippen LogP contribution >= 0.6 is 0 Å². The van der Waals surface area contributed by atoms with Crippen molar-refractivity contribution in [2.45, 2.75) is 18.9 Å². The Labute approximate surface area is 100 Å². The van der Waals surface area contributed by atoms with Gasteiger partial charge < -0.3 is 10.2 Å². The minimum absolute atomic E-state index is 0.395. The average molecular weight is 232 g/mol. The second-order valence-corrected chi connectivity index (χ2v) is 4.78. The molecule has 2 aliphatic rings. The molecule has 5 heteroatoms. The lowest BCUT2D eigenvalue weighted by Crippen LogP contribution is -2.44. The van der Waals surface area contributed by atoms with Gasteiger partial charge in [-0.15, -0.1) is 10.2 Å². The molecule has 17 heavy (non-hydrogen) atoms. The lowest BCUT2D eigenvalue weighted by Gasteiger charge is -2.35. The summed E-state index contributed by atoms with van der Waals surface area (Å²) in [6.07, 6.45) is 3.15. The summed E-state index contributed by atoms with van der Waals surface area (Å²) in [5.74, 6) is 1.62. The molecule has 0 spiro atoms. The number of aldehydes is 1. The van der Waals surface area contributed by atoms with Crippen molar-refractivity contribution in [2.75, 3.05) is 24.5 Å². The quantitative estimate of drug-likeness (QED) is 0.751. The number of nitrogens with one attached hydrogen (secondary N) is 1. The molecule has 0 bridgehead atoms. The number of nitrogens with zero attached hydrogens (tertiary/aromatic N) is 3. The number of hydrogen-bond donors (Lipinski definition) is 1. The number of fused-ring (bicyclic) bond motifs is 1. The first-order chi connectivity index (χ1) is 8.36. The largest absolute Gasteiger partial charge is 0.355 e. The third-order valence-corrected chi connectivity index (χ3v) is 3.77. The van der Waals surface area contributed by atoms with Gasteiger partial charge in [0.15, 0.2) is 12.1 Å². The Morgan fingerprint density at radius 3 is 3.06 bits per heavy atom. The van der Waals surface area contributed by atoms with Crippen molar-refractivity contribution in [1.29, 1.82) is 0 Å². The molecule has 0 aliphatic carbocycles. The summed E-state index contributed by atoms with van der Waals surface area (Å²) < 4.78 is 0. The second kappa shape index (κ2) is 4.41. The van der Waals surface area contributed by atoms with E-state index in [2.05, 4.69) is 20.4 Å². The molecule has 0 unspecified atom stereocenters. The van der Waals surface area contributed by atoms with Gasteiger partial charge in [-0.2, -0.15) is 0 Å². The topological polar surface area (TPSA) is 58.1 Å². The van der Waals surface area contributed by atoms with Crippen molar-refractivity contribution in [2.24, 2.45) is 5.92 Å². The fourth-order valence-electron chi connectivity index (χ4n) is 2.82. The van der Waals surface area contributed by atoms with Crippen molar-refractivity contribution >= 4 is 12.1 Å². The normalized spacial score (nSPS) is 27.9. The van der Waals surface area contributed by atoms with Crippen LogP contribution in [0.1, 0.15) is 23.3 Å². The van der Waals surface area contributed by atoms with Crippen LogP contribution in [0.2, 0.25) is 0 Å². The van der Waals surface area contributed by atoms with Crippen LogP contribution in [0.4, 0.5) is 5.82 Å². The lowest BCUT2D eigenvalue weighted by atomic mass is 9.93. The molecule has 2 atom stereocenters. The lowest BCUT2D eigenvalue weighted by molar-refractivity contribution is 0.111. The summed E-state index contributed by atoms with van der Waals surface area (Å²) in [4.78, 5) is 12.8. The first-order valence-electron chi connectivity index (χ1n) is 6.14. The Kier molecular flexibility index (Phi) is 2.76. The van der Waals surface area contributed by atoms with Gasteiger partial charge in [0.25, 0.3) is 0 Å². The number of anilines is 1. The number of carbonyl (C=O) groups excluding carboxylic acids is 1. The first kappa shape index (κ1) is 10.7. The Morgan fingerprint density at radius 1 is 1.35 bits per heavy atom. The van der Waals surface area contributed by atoms with Gasteiger partial charge in [0.2, 0.25) is 0 Å². The molecule has 0 saturated carbocycles. The molecule has 0 aromatic carbocycles. The Bertz CT molecular complexity index is 405. The zero-order valence-corrected chi connectivity index (χ0v) is 9.67. The van der Waals surface area contributed by atoms with Gasteiger partial charge >= 0.3 is 0 Å². The van der Waals surface area contributed by atoms with Gasteiger partial charge in [0.05, 0.1) is 0 Å². The maximum Gasteiger partial charge on any atom is 0.170 e. The van der Waals surface area contributed by atoms with E-state index in [1.54, 1.807) is 6.07 Å². The van der Waals surface area contributed by atoms with E-state index in [4.69, 9.17) is 0 Å². The van der Waals surface area contributed by atoms with Crippen LogP contribution in [-0.2, 0) is 0 Å². The minimum atomic E-state index is 0.395. The smallest absolute Gasteiger partial charge is 0.170 e. The molecule has 3 rings (SSSR count). The van der Waals surface area contributed by atoms with Crippen LogP contribution in [0.15, 0.2) is 12.1 Å². The highest BCUT2D eigenvalue weighted by Crippen LogP contribution is 2.26. The van der Waals surface area contributed by atoms with Crippen molar-refractivity contribution in [3.05, 3.63) is 17.8 Å². The zero-order valence-electron chi connectivity index (χ0n) is 9.67. The van der Waals surface area contributed by atoms with E-state index in [0.717, 1.165) is 37.7 Å². The summed E-state index contributed by atoms with van der Waals surface area (Å²) in [7, 11) is 0.